The Balaban J connectivity index is 2.37. The first-order chi connectivity index (χ1) is 7.16. The van der Waals surface area contributed by atoms with Gasteiger partial charge < -0.3 is 0 Å². The topological polar surface area (TPSA) is 30.0 Å². The van der Waals surface area contributed by atoms with Gasteiger partial charge in [0, 0.05) is 0 Å². The van der Waals surface area contributed by atoms with E-state index in [4.69, 9.17) is 0 Å². The van der Waals surface area contributed by atoms with Crippen LogP contribution in [-0.4, -0.2) is 25.3 Å². The van der Waals surface area contributed by atoms with Crippen LogP contribution in [0.1, 0.15) is 17.4 Å². The zero-order valence-electron chi connectivity index (χ0n) is 8.03. The Labute approximate surface area is 102 Å². The van der Waals surface area contributed by atoms with Crippen molar-refractivity contribution in [2.24, 2.45) is 0 Å². The van der Waals surface area contributed by atoms with Crippen molar-refractivity contribution in [1.29, 1.82) is 0 Å². The molecule has 0 N–H and O–H groups in total. The van der Waals surface area contributed by atoms with E-state index >= 15 is 0 Å². The first-order valence-electron chi connectivity index (χ1n) is 4.39. The maximum atomic E-state index is 11.1. The van der Waals surface area contributed by atoms with Gasteiger partial charge in [0.2, 0.25) is 0 Å². The summed E-state index contributed by atoms with van der Waals surface area (Å²) in [5, 5.41) is 0. The second-order valence-electron chi connectivity index (χ2n) is 3.10. The molecule has 2 aromatic rings. The molecule has 0 aliphatic heterocycles. The molecule has 0 fully saturated rings. The van der Waals surface area contributed by atoms with Crippen LogP contribution in [-0.2, 0) is 0 Å². The molecule has 1 aromatic heterocycles. The van der Waals surface area contributed by atoms with E-state index in [9.17, 15) is 4.79 Å². The van der Waals surface area contributed by atoms with Crippen LogP contribution in [0.2, 0.25) is 0 Å². The van der Waals surface area contributed by atoms with Crippen LogP contribution in [0.4, 0.5) is 0 Å². The molecular formula is C11H8BrNOSe. The normalized spacial score (nSPS) is 10.3. The molecule has 0 saturated carbocycles. The predicted molar refractivity (Wildman–Crippen MR) is 64.3 cm³/mol. The Morgan fingerprint density at radius 1 is 1.33 bits per heavy atom. The fourth-order valence-corrected chi connectivity index (χ4v) is 3.24. The van der Waals surface area contributed by atoms with Crippen molar-refractivity contribution >= 4 is 36.2 Å². The number of ketones is 1. The van der Waals surface area contributed by atoms with Gasteiger partial charge >= 0.3 is 102 Å². The number of hydrogen-bond donors (Lipinski definition) is 0. The zero-order chi connectivity index (χ0) is 10.8. The molecule has 0 radical (unpaired) electrons. The van der Waals surface area contributed by atoms with E-state index in [2.05, 4.69) is 20.9 Å². The molecule has 2 nitrogen and oxygen atoms in total. The van der Waals surface area contributed by atoms with Crippen molar-refractivity contribution in [3.8, 4) is 10.1 Å². The van der Waals surface area contributed by atoms with Gasteiger partial charge in [-0.05, 0) is 0 Å². The molecule has 1 heterocycles. The number of carbonyl (C=O) groups excluding carboxylic acids is 1. The van der Waals surface area contributed by atoms with Gasteiger partial charge in [0.25, 0.3) is 0 Å². The van der Waals surface area contributed by atoms with E-state index in [0.29, 0.717) is 5.69 Å². The summed E-state index contributed by atoms with van der Waals surface area (Å²) in [6, 6.07) is 8.00. The summed E-state index contributed by atoms with van der Waals surface area (Å²) in [6.45, 7) is 1.55. The number of aromatic nitrogens is 1. The summed E-state index contributed by atoms with van der Waals surface area (Å²) in [6.07, 6.45) is 0. The van der Waals surface area contributed by atoms with Crippen LogP contribution < -0.4 is 0 Å². The molecule has 0 amide bonds. The minimum atomic E-state index is 0.0454. The van der Waals surface area contributed by atoms with Gasteiger partial charge in [0.05, 0.1) is 0 Å². The monoisotopic (exact) mass is 329 g/mol. The second kappa shape index (κ2) is 4.43. The van der Waals surface area contributed by atoms with Crippen molar-refractivity contribution in [2.45, 2.75) is 6.92 Å². The molecule has 1 aromatic carbocycles. The van der Waals surface area contributed by atoms with Crippen LogP contribution in [0.15, 0.2) is 33.7 Å². The van der Waals surface area contributed by atoms with Gasteiger partial charge in [-0.1, -0.05) is 0 Å². The Hall–Kier alpha value is -0.701. The molecule has 0 spiro atoms. The molecule has 0 saturated heterocycles. The fourth-order valence-electron chi connectivity index (χ4n) is 1.16. The summed E-state index contributed by atoms with van der Waals surface area (Å²) >= 11 is 3.58. The van der Waals surface area contributed by atoms with Crippen LogP contribution >= 0.6 is 15.9 Å². The van der Waals surface area contributed by atoms with Crippen molar-refractivity contribution < 1.29 is 4.79 Å². The van der Waals surface area contributed by atoms with Crippen molar-refractivity contribution in [2.75, 3.05) is 0 Å². The van der Waals surface area contributed by atoms with Crippen LogP contribution in [0.25, 0.3) is 10.1 Å². The van der Waals surface area contributed by atoms with E-state index in [0.717, 1.165) is 14.6 Å². The van der Waals surface area contributed by atoms with Crippen LogP contribution in [0, 0.1) is 0 Å². The minimum absolute atomic E-state index is 0.0454. The van der Waals surface area contributed by atoms with E-state index in [1.54, 1.807) is 6.92 Å². The van der Waals surface area contributed by atoms with Crippen LogP contribution in [0.5, 0.6) is 0 Å². The quantitative estimate of drug-likeness (QED) is 0.626. The number of hydrogen-bond acceptors (Lipinski definition) is 2. The summed E-state index contributed by atoms with van der Waals surface area (Å²) in [4.78, 5) is 17.4. The van der Waals surface area contributed by atoms with Gasteiger partial charge in [-0.15, -0.1) is 0 Å². The van der Waals surface area contributed by atoms with Crippen molar-refractivity contribution in [3.63, 3.8) is 0 Å². The molecule has 0 aliphatic rings. The summed E-state index contributed by atoms with van der Waals surface area (Å²) in [5.41, 5.74) is 1.71. The molecule has 2 rings (SSSR count). The molecule has 0 bridgehead atoms. The maximum absolute atomic E-state index is 11.1. The number of halogens is 1. The van der Waals surface area contributed by atoms with Gasteiger partial charge in [0.1, 0.15) is 0 Å². The van der Waals surface area contributed by atoms with Gasteiger partial charge in [-0.2, -0.15) is 0 Å². The average Bonchev–Trinajstić information content (AvgIpc) is 2.68. The number of Topliss-reactive ketones (excluding diaryl/α,β-unsaturated/α-hetero) is 1. The Kier molecular flexibility index (Phi) is 3.19. The predicted octanol–water partition coefficient (Wildman–Crippen LogP) is 2.77. The van der Waals surface area contributed by atoms with Gasteiger partial charge in [-0.3, -0.25) is 0 Å². The van der Waals surface area contributed by atoms with Crippen LogP contribution in [0.3, 0.4) is 0 Å². The first-order valence-corrected chi connectivity index (χ1v) is 7.03. The number of rotatable bonds is 2. The molecule has 76 valence electrons. The van der Waals surface area contributed by atoms with Crippen molar-refractivity contribution in [3.05, 3.63) is 39.4 Å². The molecular weight excluding hydrogens is 321 g/mol. The van der Waals surface area contributed by atoms with E-state index in [1.807, 2.05) is 29.2 Å². The second-order valence-corrected chi connectivity index (χ2v) is 5.82. The molecule has 0 atom stereocenters. The Bertz CT molecular complexity index is 490. The summed E-state index contributed by atoms with van der Waals surface area (Å²) in [7, 11) is 0. The first kappa shape index (κ1) is 10.8. The third kappa shape index (κ3) is 2.46. The summed E-state index contributed by atoms with van der Waals surface area (Å²) < 4.78 is 2.08. The van der Waals surface area contributed by atoms with E-state index < -0.39 is 0 Å². The third-order valence-corrected chi connectivity index (χ3v) is 4.35. The third-order valence-electron chi connectivity index (χ3n) is 1.96. The number of carbonyl (C=O) groups is 1. The standard InChI is InChI=1S/C11H8BrNOSe/c1-7(14)10-6-15-11(13-10)8-2-4-9(12)5-3-8/h2-6H,1H3. The van der Waals surface area contributed by atoms with E-state index in [-0.39, 0.29) is 20.3 Å². The Morgan fingerprint density at radius 2 is 2.00 bits per heavy atom. The molecule has 15 heavy (non-hydrogen) atoms. The molecule has 4 heteroatoms. The average molecular weight is 329 g/mol. The molecule has 0 aliphatic carbocycles. The van der Waals surface area contributed by atoms with Gasteiger partial charge in [0.15, 0.2) is 0 Å². The number of benzene rings is 1. The Morgan fingerprint density at radius 3 is 2.53 bits per heavy atom. The van der Waals surface area contributed by atoms with Gasteiger partial charge in [-0.25, -0.2) is 0 Å². The number of nitrogens with zero attached hydrogens (tertiary/aromatic N) is 1. The zero-order valence-corrected chi connectivity index (χ0v) is 11.3. The van der Waals surface area contributed by atoms with Crippen molar-refractivity contribution in [1.82, 2.24) is 4.98 Å². The SMILES string of the molecule is CC(=O)c1c[se]c(-c2ccc(Br)cc2)n1. The summed E-state index contributed by atoms with van der Waals surface area (Å²) in [5.74, 6) is 0.0454. The van der Waals surface area contributed by atoms with E-state index in [1.165, 1.54) is 0 Å². The fraction of sp³-hybridized carbons (Fsp3) is 0.0909. The molecule has 0 unspecified atom stereocenters.